The van der Waals surface area contributed by atoms with Gasteiger partial charge >= 0.3 is 5.97 Å². The number of nitriles is 1. The van der Waals surface area contributed by atoms with Crippen LogP contribution in [0.3, 0.4) is 0 Å². The molecule has 0 aliphatic rings. The third-order valence-corrected chi connectivity index (χ3v) is 1.87. The molecule has 0 saturated carbocycles. The maximum absolute atomic E-state index is 11.0. The summed E-state index contributed by atoms with van der Waals surface area (Å²) in [5, 5.41) is 8.88. The first-order valence-electron chi connectivity index (χ1n) is 4.87. The smallest absolute Gasteiger partial charge is 0.384 e. The zero-order valence-electron chi connectivity index (χ0n) is 9.20. The summed E-state index contributed by atoms with van der Waals surface area (Å²) in [6.07, 6.45) is 0. The number of benzene rings is 1. The fraction of sp³-hybridized carbons (Fsp3) is 0.231. The van der Waals surface area contributed by atoms with Crippen LogP contribution in [0.15, 0.2) is 18.2 Å². The van der Waals surface area contributed by atoms with Gasteiger partial charge in [0.05, 0.1) is 12.2 Å². The molecule has 0 aliphatic heterocycles. The van der Waals surface area contributed by atoms with E-state index in [0.29, 0.717) is 17.7 Å². The standard InChI is InChI=1S/C13H11NO2/c1-3-16-13(15)7-6-11-5-4-10(2)8-12(11)9-14/h4-5,8H,3H2,1-2H3. The average molecular weight is 213 g/mol. The Hall–Kier alpha value is -2.26. The van der Waals surface area contributed by atoms with Gasteiger partial charge in [-0.15, -0.1) is 0 Å². The molecule has 3 heteroatoms. The molecule has 80 valence electrons. The van der Waals surface area contributed by atoms with Gasteiger partial charge in [0.15, 0.2) is 0 Å². The summed E-state index contributed by atoms with van der Waals surface area (Å²) in [5.41, 5.74) is 2.00. The van der Waals surface area contributed by atoms with Crippen molar-refractivity contribution in [3.05, 3.63) is 34.9 Å². The van der Waals surface area contributed by atoms with Gasteiger partial charge in [-0.2, -0.15) is 5.26 Å². The molecule has 3 nitrogen and oxygen atoms in total. The maximum atomic E-state index is 11.0. The van der Waals surface area contributed by atoms with E-state index in [9.17, 15) is 4.79 Å². The van der Waals surface area contributed by atoms with E-state index in [4.69, 9.17) is 5.26 Å². The van der Waals surface area contributed by atoms with Crippen molar-refractivity contribution >= 4 is 5.97 Å². The largest absolute Gasteiger partial charge is 0.456 e. The van der Waals surface area contributed by atoms with Crippen LogP contribution in [0.1, 0.15) is 23.6 Å². The quantitative estimate of drug-likeness (QED) is 0.527. The first kappa shape index (κ1) is 11.8. The van der Waals surface area contributed by atoms with Gasteiger partial charge in [-0.3, -0.25) is 0 Å². The van der Waals surface area contributed by atoms with Crippen molar-refractivity contribution in [3.8, 4) is 17.9 Å². The molecular formula is C13H11NO2. The number of nitrogens with zero attached hydrogens (tertiary/aromatic N) is 1. The Kier molecular flexibility index (Phi) is 4.12. The molecule has 1 aromatic carbocycles. The summed E-state index contributed by atoms with van der Waals surface area (Å²) in [6, 6.07) is 7.33. The molecular weight excluding hydrogens is 202 g/mol. The van der Waals surface area contributed by atoms with Gasteiger partial charge in [0.25, 0.3) is 0 Å². The molecule has 0 fully saturated rings. The van der Waals surface area contributed by atoms with Crippen molar-refractivity contribution in [1.29, 1.82) is 5.26 Å². The van der Waals surface area contributed by atoms with Crippen LogP contribution in [0.4, 0.5) is 0 Å². The van der Waals surface area contributed by atoms with E-state index in [-0.39, 0.29) is 0 Å². The lowest BCUT2D eigenvalue weighted by atomic mass is 10.1. The lowest BCUT2D eigenvalue weighted by Gasteiger charge is -1.96. The molecule has 0 bridgehead atoms. The molecule has 16 heavy (non-hydrogen) atoms. The molecule has 0 unspecified atom stereocenters. The van der Waals surface area contributed by atoms with Gasteiger partial charge in [0.2, 0.25) is 0 Å². The second-order valence-corrected chi connectivity index (χ2v) is 3.13. The molecule has 0 spiro atoms. The molecule has 1 rings (SSSR count). The van der Waals surface area contributed by atoms with Crippen LogP contribution in [0.5, 0.6) is 0 Å². The average Bonchev–Trinajstić information content (AvgIpc) is 2.27. The Morgan fingerprint density at radius 1 is 1.44 bits per heavy atom. The van der Waals surface area contributed by atoms with E-state index >= 15 is 0 Å². The zero-order chi connectivity index (χ0) is 12.0. The van der Waals surface area contributed by atoms with Gasteiger partial charge < -0.3 is 4.74 Å². The number of rotatable bonds is 1. The van der Waals surface area contributed by atoms with E-state index in [0.717, 1.165) is 5.56 Å². The Bertz CT molecular complexity index is 501. The second kappa shape index (κ2) is 5.58. The lowest BCUT2D eigenvalue weighted by molar-refractivity contribution is -0.136. The van der Waals surface area contributed by atoms with Crippen LogP contribution in [0.25, 0.3) is 0 Å². The van der Waals surface area contributed by atoms with Crippen LogP contribution in [-0.4, -0.2) is 12.6 Å². The highest BCUT2D eigenvalue weighted by Crippen LogP contribution is 2.09. The van der Waals surface area contributed by atoms with Crippen LogP contribution in [0, 0.1) is 30.1 Å². The summed E-state index contributed by atoms with van der Waals surface area (Å²) < 4.78 is 4.67. The van der Waals surface area contributed by atoms with E-state index in [1.54, 1.807) is 19.1 Å². The predicted octanol–water partition coefficient (Wildman–Crippen LogP) is 1.78. The van der Waals surface area contributed by atoms with Gasteiger partial charge in [0, 0.05) is 11.5 Å². The zero-order valence-corrected chi connectivity index (χ0v) is 9.20. The number of hydrogen-bond donors (Lipinski definition) is 0. The number of carbonyl (C=O) groups is 1. The minimum absolute atomic E-state index is 0.298. The Morgan fingerprint density at radius 3 is 2.81 bits per heavy atom. The third kappa shape index (κ3) is 3.15. The number of ether oxygens (including phenoxy) is 1. The van der Waals surface area contributed by atoms with Crippen LogP contribution in [-0.2, 0) is 9.53 Å². The summed E-state index contributed by atoms with van der Waals surface area (Å²) in [4.78, 5) is 11.0. The van der Waals surface area contributed by atoms with Crippen molar-refractivity contribution in [3.63, 3.8) is 0 Å². The van der Waals surface area contributed by atoms with Crippen LogP contribution in [0.2, 0.25) is 0 Å². The van der Waals surface area contributed by atoms with E-state index in [1.165, 1.54) is 0 Å². The van der Waals surface area contributed by atoms with Crippen LogP contribution >= 0.6 is 0 Å². The summed E-state index contributed by atoms with van der Waals surface area (Å²) in [7, 11) is 0. The van der Waals surface area contributed by atoms with E-state index in [2.05, 4.69) is 16.6 Å². The lowest BCUT2D eigenvalue weighted by Crippen LogP contribution is -1.99. The first-order chi connectivity index (χ1) is 7.67. The molecule has 0 saturated heterocycles. The molecule has 0 radical (unpaired) electrons. The van der Waals surface area contributed by atoms with Crippen molar-refractivity contribution in [2.24, 2.45) is 0 Å². The Morgan fingerprint density at radius 2 is 2.19 bits per heavy atom. The SMILES string of the molecule is CCOC(=O)C#Cc1ccc(C)cc1C#N. The highest BCUT2D eigenvalue weighted by atomic mass is 16.5. The van der Waals surface area contributed by atoms with Gasteiger partial charge in [0.1, 0.15) is 6.07 Å². The molecule has 0 N–H and O–H groups in total. The minimum atomic E-state index is -0.577. The van der Waals surface area contributed by atoms with Crippen molar-refractivity contribution < 1.29 is 9.53 Å². The molecule has 1 aromatic rings. The van der Waals surface area contributed by atoms with Gasteiger partial charge in [-0.25, -0.2) is 4.79 Å². The molecule has 0 aliphatic carbocycles. The molecule has 0 heterocycles. The first-order valence-corrected chi connectivity index (χ1v) is 4.87. The molecule has 0 aromatic heterocycles. The number of esters is 1. The van der Waals surface area contributed by atoms with E-state index in [1.807, 2.05) is 19.1 Å². The Labute approximate surface area is 94.7 Å². The number of hydrogen-bond acceptors (Lipinski definition) is 3. The fourth-order valence-corrected chi connectivity index (χ4v) is 1.15. The van der Waals surface area contributed by atoms with Crippen molar-refractivity contribution in [1.82, 2.24) is 0 Å². The predicted molar refractivity (Wildman–Crippen MR) is 59.4 cm³/mol. The van der Waals surface area contributed by atoms with Crippen LogP contribution < -0.4 is 0 Å². The minimum Gasteiger partial charge on any atom is -0.456 e. The summed E-state index contributed by atoms with van der Waals surface area (Å²) in [5.74, 6) is 4.38. The highest BCUT2D eigenvalue weighted by molar-refractivity contribution is 5.89. The number of carbonyl (C=O) groups excluding carboxylic acids is 1. The summed E-state index contributed by atoms with van der Waals surface area (Å²) in [6.45, 7) is 3.90. The maximum Gasteiger partial charge on any atom is 0.384 e. The molecule has 0 amide bonds. The van der Waals surface area contributed by atoms with Gasteiger partial charge in [-0.05, 0) is 31.5 Å². The third-order valence-electron chi connectivity index (χ3n) is 1.87. The summed E-state index contributed by atoms with van der Waals surface area (Å²) >= 11 is 0. The van der Waals surface area contributed by atoms with E-state index < -0.39 is 5.97 Å². The monoisotopic (exact) mass is 213 g/mol. The van der Waals surface area contributed by atoms with Crippen molar-refractivity contribution in [2.75, 3.05) is 6.61 Å². The fourth-order valence-electron chi connectivity index (χ4n) is 1.15. The van der Waals surface area contributed by atoms with Gasteiger partial charge in [-0.1, -0.05) is 12.0 Å². The normalized spacial score (nSPS) is 8.56. The topological polar surface area (TPSA) is 50.1 Å². The van der Waals surface area contributed by atoms with Crippen molar-refractivity contribution in [2.45, 2.75) is 13.8 Å². The second-order valence-electron chi connectivity index (χ2n) is 3.13. The molecule has 0 atom stereocenters. The highest BCUT2D eigenvalue weighted by Gasteiger charge is 1.99. The Balaban J connectivity index is 2.98. The number of aryl methyl sites for hydroxylation is 1.